The average molecular weight is 490 g/mol. The number of aromatic nitrogens is 2. The molecule has 4 rings (SSSR count). The number of hydrogen-bond acceptors (Lipinski definition) is 9. The van der Waals surface area contributed by atoms with Crippen molar-refractivity contribution in [2.24, 2.45) is 0 Å². The van der Waals surface area contributed by atoms with Crippen LogP contribution < -0.4 is 14.5 Å². The molecule has 36 heavy (non-hydrogen) atoms. The van der Waals surface area contributed by atoms with E-state index in [0.29, 0.717) is 42.2 Å². The minimum absolute atomic E-state index is 0.241. The van der Waals surface area contributed by atoms with E-state index >= 15 is 0 Å². The number of hydrogen-bond donors (Lipinski definition) is 0. The first-order chi connectivity index (χ1) is 17.5. The van der Waals surface area contributed by atoms with Gasteiger partial charge in [0.1, 0.15) is 17.5 Å². The number of methoxy groups -OCH3 is 1. The van der Waals surface area contributed by atoms with E-state index in [1.54, 1.807) is 6.92 Å². The molecule has 0 spiro atoms. The fraction of sp³-hybridized carbons (Fsp3) is 0.407. The molecule has 2 atom stereocenters. The quantitative estimate of drug-likeness (QED) is 0.418. The number of piperazine rings is 1. The van der Waals surface area contributed by atoms with Crippen LogP contribution in [0.3, 0.4) is 0 Å². The summed E-state index contributed by atoms with van der Waals surface area (Å²) < 4.78 is 16.3. The summed E-state index contributed by atoms with van der Waals surface area (Å²) in [7, 11) is 1.53. The zero-order valence-electron chi connectivity index (χ0n) is 20.9. The van der Waals surface area contributed by atoms with E-state index in [-0.39, 0.29) is 6.61 Å². The maximum atomic E-state index is 13.0. The lowest BCUT2D eigenvalue weighted by molar-refractivity contribution is -0.150. The van der Waals surface area contributed by atoms with Crippen molar-refractivity contribution in [1.29, 1.82) is 5.26 Å². The Morgan fingerprint density at radius 1 is 1.03 bits per heavy atom. The Morgan fingerprint density at radius 3 is 2.33 bits per heavy atom. The van der Waals surface area contributed by atoms with Crippen LogP contribution in [0.1, 0.15) is 25.5 Å². The Kier molecular flexibility index (Phi) is 8.18. The van der Waals surface area contributed by atoms with Gasteiger partial charge in [0.05, 0.1) is 36.0 Å². The van der Waals surface area contributed by atoms with Gasteiger partial charge in [-0.15, -0.1) is 0 Å². The highest BCUT2D eigenvalue weighted by Gasteiger charge is 2.32. The van der Waals surface area contributed by atoms with Gasteiger partial charge in [0.2, 0.25) is 0 Å². The number of nitrogens with zero attached hydrogens (tertiary/aromatic N) is 5. The molecular formula is C27H31N5O4. The molecule has 0 saturated carbocycles. The van der Waals surface area contributed by atoms with Crippen molar-refractivity contribution in [1.82, 2.24) is 9.97 Å². The van der Waals surface area contributed by atoms with E-state index in [4.69, 9.17) is 24.2 Å². The molecule has 9 nitrogen and oxygen atoms in total. The molecule has 1 aliphatic rings. The van der Waals surface area contributed by atoms with Gasteiger partial charge < -0.3 is 24.0 Å². The molecule has 1 fully saturated rings. The second-order valence-electron chi connectivity index (χ2n) is 8.56. The number of anilines is 2. The van der Waals surface area contributed by atoms with Crippen LogP contribution in [0.25, 0.3) is 11.0 Å². The van der Waals surface area contributed by atoms with Crippen molar-refractivity contribution in [3.63, 3.8) is 0 Å². The van der Waals surface area contributed by atoms with Crippen molar-refractivity contribution >= 4 is 28.5 Å². The molecule has 1 saturated heterocycles. The summed E-state index contributed by atoms with van der Waals surface area (Å²) in [6.07, 6.45) is -0.482. The van der Waals surface area contributed by atoms with Crippen molar-refractivity contribution in [3.05, 3.63) is 54.2 Å². The second-order valence-corrected chi connectivity index (χ2v) is 8.56. The first-order valence-electron chi connectivity index (χ1n) is 12.1. The van der Waals surface area contributed by atoms with Crippen LogP contribution in [-0.2, 0) is 14.3 Å². The number of rotatable bonds is 9. The largest absolute Gasteiger partial charge is 0.492 e. The summed E-state index contributed by atoms with van der Waals surface area (Å²) in [5.41, 5.74) is 2.69. The predicted molar refractivity (Wildman–Crippen MR) is 137 cm³/mol. The Hall–Kier alpha value is -3.90. The summed E-state index contributed by atoms with van der Waals surface area (Å²) in [5.74, 6) is -0.461. The monoisotopic (exact) mass is 489 g/mol. The van der Waals surface area contributed by atoms with E-state index in [2.05, 4.69) is 21.9 Å². The number of carbonyl (C=O) groups excluding carboxylic acids is 1. The smallest absolute Gasteiger partial charge is 0.330 e. The molecule has 1 aromatic heterocycles. The maximum absolute atomic E-state index is 13.0. The lowest BCUT2D eigenvalue weighted by atomic mass is 10.1. The fourth-order valence-corrected chi connectivity index (χ4v) is 4.35. The first-order valence-corrected chi connectivity index (χ1v) is 12.1. The Morgan fingerprint density at radius 2 is 1.67 bits per heavy atom. The van der Waals surface area contributed by atoms with E-state index in [1.165, 1.54) is 7.11 Å². The Bertz CT molecular complexity index is 1240. The van der Waals surface area contributed by atoms with E-state index < -0.39 is 18.0 Å². The van der Waals surface area contributed by atoms with Crippen LogP contribution in [0, 0.1) is 11.3 Å². The molecule has 2 heterocycles. The minimum atomic E-state index is -1.20. The van der Waals surface area contributed by atoms with E-state index in [9.17, 15) is 10.1 Å². The van der Waals surface area contributed by atoms with Gasteiger partial charge in [0.25, 0.3) is 0 Å². The number of carbonyl (C=O) groups is 1. The van der Waals surface area contributed by atoms with Crippen LogP contribution >= 0.6 is 0 Å². The third-order valence-electron chi connectivity index (χ3n) is 6.02. The molecule has 0 N–H and O–H groups in total. The summed E-state index contributed by atoms with van der Waals surface area (Å²) in [4.78, 5) is 26.9. The molecule has 1 aliphatic heterocycles. The van der Waals surface area contributed by atoms with E-state index in [1.807, 2.05) is 49.4 Å². The molecule has 0 aliphatic carbocycles. The van der Waals surface area contributed by atoms with Crippen LogP contribution in [0.4, 0.5) is 11.5 Å². The van der Waals surface area contributed by atoms with Gasteiger partial charge >= 0.3 is 5.97 Å². The highest BCUT2D eigenvalue weighted by molar-refractivity contribution is 5.85. The lowest BCUT2D eigenvalue weighted by Crippen LogP contribution is -2.47. The van der Waals surface area contributed by atoms with Crippen LogP contribution in [-0.4, -0.2) is 68.5 Å². The van der Waals surface area contributed by atoms with Crippen LogP contribution in [0.15, 0.2) is 48.5 Å². The fourth-order valence-electron chi connectivity index (χ4n) is 4.35. The zero-order chi connectivity index (χ0) is 25.5. The third kappa shape index (κ3) is 5.50. The summed E-state index contributed by atoms with van der Waals surface area (Å²) in [6, 6.07) is 17.6. The first kappa shape index (κ1) is 25.2. The number of fused-ring (bicyclic) bond motifs is 1. The maximum Gasteiger partial charge on any atom is 0.330 e. The highest BCUT2D eigenvalue weighted by Crippen LogP contribution is 2.32. The molecule has 3 aromatic rings. The van der Waals surface area contributed by atoms with Gasteiger partial charge in [-0.3, -0.25) is 4.79 Å². The van der Waals surface area contributed by atoms with Gasteiger partial charge in [-0.2, -0.15) is 5.26 Å². The van der Waals surface area contributed by atoms with Gasteiger partial charge in [-0.25, -0.2) is 9.97 Å². The summed E-state index contributed by atoms with van der Waals surface area (Å²) in [5, 5.41) is 9.97. The average Bonchev–Trinajstić information content (AvgIpc) is 2.89. The topological polar surface area (TPSA) is 101 Å². The van der Waals surface area contributed by atoms with Gasteiger partial charge in [0.15, 0.2) is 11.7 Å². The molecular weight excluding hydrogens is 458 g/mol. The lowest BCUT2D eigenvalue weighted by Gasteiger charge is -2.38. The number of esters is 1. The molecule has 0 radical (unpaired) electrons. The van der Waals surface area contributed by atoms with Gasteiger partial charge in [-0.05, 0) is 38.1 Å². The van der Waals surface area contributed by atoms with Crippen molar-refractivity contribution in [2.75, 3.05) is 56.3 Å². The molecule has 188 valence electrons. The van der Waals surface area contributed by atoms with E-state index in [0.717, 1.165) is 24.5 Å². The molecule has 2 aromatic carbocycles. The third-order valence-corrected chi connectivity index (χ3v) is 6.02. The number of nitriles is 1. The second kappa shape index (κ2) is 11.7. The summed E-state index contributed by atoms with van der Waals surface area (Å²) in [6.45, 7) is 7.28. The highest BCUT2D eigenvalue weighted by atomic mass is 16.6. The molecule has 0 amide bonds. The van der Waals surface area contributed by atoms with Gasteiger partial charge in [0, 0.05) is 33.3 Å². The number of benzene rings is 2. The Balaban J connectivity index is 1.62. The van der Waals surface area contributed by atoms with Crippen LogP contribution in [0.5, 0.6) is 5.75 Å². The summed E-state index contributed by atoms with van der Waals surface area (Å²) >= 11 is 0. The van der Waals surface area contributed by atoms with Crippen molar-refractivity contribution in [2.45, 2.75) is 25.9 Å². The SMILES string of the molecule is CCOc1ccccc1N1CCN(c2nc3ccccc3nc2[C@@H](C#N)C(=O)O[C@H](C)COC)CC1. The number of ether oxygens (including phenoxy) is 3. The van der Waals surface area contributed by atoms with Crippen molar-refractivity contribution < 1.29 is 19.0 Å². The standard InChI is InChI=1S/C27H31N5O4/c1-4-35-24-12-8-7-11-23(24)31-13-15-32(16-14-31)26-25(29-21-9-5-6-10-22(21)30-26)20(17-28)27(33)36-19(2)18-34-3/h5-12,19-20H,4,13-16,18H2,1-3H3/t19-,20-/m1/s1. The van der Waals surface area contributed by atoms with Crippen LogP contribution in [0.2, 0.25) is 0 Å². The van der Waals surface area contributed by atoms with Crippen molar-refractivity contribution in [3.8, 4) is 11.8 Å². The molecule has 9 heteroatoms. The molecule has 0 unspecified atom stereocenters. The van der Waals surface area contributed by atoms with Gasteiger partial charge in [-0.1, -0.05) is 24.3 Å². The zero-order valence-corrected chi connectivity index (χ0v) is 20.9. The normalized spacial score (nSPS) is 15.3. The predicted octanol–water partition coefficient (Wildman–Crippen LogP) is 3.54. The Labute approximate surface area is 211 Å². The number of para-hydroxylation sites is 4. The molecule has 0 bridgehead atoms. The minimum Gasteiger partial charge on any atom is -0.492 e.